The molecule has 0 spiro atoms. The van der Waals surface area contributed by atoms with Crippen molar-refractivity contribution in [2.24, 2.45) is 0 Å². The highest BCUT2D eigenvalue weighted by Crippen LogP contribution is 2.28. The fourth-order valence-electron chi connectivity index (χ4n) is 2.85. The lowest BCUT2D eigenvalue weighted by Gasteiger charge is -2.12. The number of pyridine rings is 1. The summed E-state index contributed by atoms with van der Waals surface area (Å²) < 4.78 is 25.5. The van der Waals surface area contributed by atoms with Gasteiger partial charge in [0.05, 0.1) is 11.1 Å². The van der Waals surface area contributed by atoms with Gasteiger partial charge in [0.2, 0.25) is 11.8 Å². The van der Waals surface area contributed by atoms with Gasteiger partial charge in [-0.2, -0.15) is 4.98 Å². The van der Waals surface area contributed by atoms with E-state index in [0.717, 1.165) is 19.5 Å². The van der Waals surface area contributed by atoms with Crippen LogP contribution in [0.15, 0.2) is 36.7 Å². The van der Waals surface area contributed by atoms with Crippen molar-refractivity contribution in [1.29, 1.82) is 0 Å². The minimum Gasteiger partial charge on any atom is -0.473 e. The molecule has 1 atom stereocenters. The second-order valence-corrected chi connectivity index (χ2v) is 6.05. The van der Waals surface area contributed by atoms with Gasteiger partial charge in [0.1, 0.15) is 24.0 Å². The summed E-state index contributed by atoms with van der Waals surface area (Å²) in [6.45, 7) is 3.38. The first-order valence-corrected chi connectivity index (χ1v) is 8.62. The Bertz CT molecular complexity index is 1040. The number of rotatable bonds is 4. The number of nitrogens with one attached hydrogen (secondary N) is 1. The quantitative estimate of drug-likeness (QED) is 0.718. The molecule has 1 aromatic carbocycles. The van der Waals surface area contributed by atoms with Gasteiger partial charge >= 0.3 is 0 Å². The van der Waals surface area contributed by atoms with Crippen LogP contribution in [0.25, 0.3) is 11.0 Å². The summed E-state index contributed by atoms with van der Waals surface area (Å²) in [5.41, 5.74) is 1.38. The number of ether oxygens (including phenoxy) is 2. The van der Waals surface area contributed by atoms with Crippen molar-refractivity contribution in [2.75, 3.05) is 13.1 Å². The SMILES string of the molecule is CC#Cc1cc(Oc2ncnc3ccc(O[C@H]4CCNC4)nc23)ccc1F. The standard InChI is InChI=1S/C20H17FN4O2/c1-2-3-13-10-14(4-5-16(13)21)27-20-19-17(23-12-24-20)6-7-18(25-19)26-15-8-9-22-11-15/h4-7,10,12,15,22H,8-9,11H2,1H3/t15-/m0/s1. The molecule has 3 aromatic rings. The second kappa shape index (κ2) is 7.56. The lowest BCUT2D eigenvalue weighted by Crippen LogP contribution is -2.20. The molecular weight excluding hydrogens is 347 g/mol. The maximum Gasteiger partial charge on any atom is 0.249 e. The Morgan fingerprint density at radius 1 is 1.22 bits per heavy atom. The minimum absolute atomic E-state index is 0.0937. The van der Waals surface area contributed by atoms with Crippen LogP contribution in [0.4, 0.5) is 4.39 Å². The average molecular weight is 364 g/mol. The van der Waals surface area contributed by atoms with Crippen LogP contribution < -0.4 is 14.8 Å². The normalized spacial score (nSPS) is 16.0. The Hall–Kier alpha value is -3.24. The van der Waals surface area contributed by atoms with Gasteiger partial charge in [-0.1, -0.05) is 5.92 Å². The van der Waals surface area contributed by atoms with E-state index in [1.165, 1.54) is 24.5 Å². The molecule has 4 rings (SSSR count). The molecule has 0 aliphatic carbocycles. The van der Waals surface area contributed by atoms with Crippen molar-refractivity contribution >= 4 is 11.0 Å². The van der Waals surface area contributed by atoms with Gasteiger partial charge in [0, 0.05) is 12.6 Å². The first-order chi connectivity index (χ1) is 13.2. The van der Waals surface area contributed by atoms with Gasteiger partial charge in [-0.3, -0.25) is 0 Å². The molecule has 0 radical (unpaired) electrons. The van der Waals surface area contributed by atoms with Gasteiger partial charge in [-0.25, -0.2) is 14.4 Å². The zero-order valence-corrected chi connectivity index (χ0v) is 14.7. The van der Waals surface area contributed by atoms with Crippen LogP contribution in [0.1, 0.15) is 18.9 Å². The highest BCUT2D eigenvalue weighted by molar-refractivity contribution is 5.79. The minimum atomic E-state index is -0.400. The van der Waals surface area contributed by atoms with Crippen molar-refractivity contribution in [3.05, 3.63) is 48.0 Å². The van der Waals surface area contributed by atoms with Crippen LogP contribution in [-0.2, 0) is 0 Å². The van der Waals surface area contributed by atoms with Crippen molar-refractivity contribution < 1.29 is 13.9 Å². The molecule has 136 valence electrons. The number of halogens is 1. The molecular formula is C20H17FN4O2. The molecule has 1 N–H and O–H groups in total. The first-order valence-electron chi connectivity index (χ1n) is 8.62. The molecule has 27 heavy (non-hydrogen) atoms. The molecule has 1 fully saturated rings. The summed E-state index contributed by atoms with van der Waals surface area (Å²) in [4.78, 5) is 12.9. The lowest BCUT2D eigenvalue weighted by molar-refractivity contribution is 0.214. The Kier molecular flexibility index (Phi) is 4.81. The summed E-state index contributed by atoms with van der Waals surface area (Å²) in [6, 6.07) is 7.96. The molecule has 1 saturated heterocycles. The smallest absolute Gasteiger partial charge is 0.249 e. The second-order valence-electron chi connectivity index (χ2n) is 6.05. The molecule has 0 bridgehead atoms. The fraction of sp³-hybridized carbons (Fsp3) is 0.250. The molecule has 0 unspecified atom stereocenters. The zero-order chi connectivity index (χ0) is 18.6. The van der Waals surface area contributed by atoms with Crippen LogP contribution in [0.5, 0.6) is 17.5 Å². The van der Waals surface area contributed by atoms with Gasteiger partial charge in [0.25, 0.3) is 0 Å². The number of fused-ring (bicyclic) bond motifs is 1. The number of benzene rings is 1. The molecule has 2 aromatic heterocycles. The van der Waals surface area contributed by atoms with Crippen molar-refractivity contribution in [3.8, 4) is 29.4 Å². The number of hydrogen-bond acceptors (Lipinski definition) is 6. The molecule has 6 nitrogen and oxygen atoms in total. The van der Waals surface area contributed by atoms with Gasteiger partial charge in [0.15, 0.2) is 5.52 Å². The average Bonchev–Trinajstić information content (AvgIpc) is 3.18. The van der Waals surface area contributed by atoms with Crippen LogP contribution in [-0.4, -0.2) is 34.1 Å². The van der Waals surface area contributed by atoms with Gasteiger partial charge in [-0.05, 0) is 44.2 Å². The molecule has 1 aliphatic rings. The van der Waals surface area contributed by atoms with Crippen LogP contribution >= 0.6 is 0 Å². The third kappa shape index (κ3) is 3.81. The number of aromatic nitrogens is 3. The summed E-state index contributed by atoms with van der Waals surface area (Å²) >= 11 is 0. The van der Waals surface area contributed by atoms with E-state index >= 15 is 0 Å². The van der Waals surface area contributed by atoms with E-state index in [1.807, 2.05) is 6.07 Å². The predicted octanol–water partition coefficient (Wildman–Crippen LogP) is 3.07. The fourth-order valence-corrected chi connectivity index (χ4v) is 2.85. The molecule has 0 saturated carbocycles. The Labute approximate surface area is 155 Å². The van der Waals surface area contributed by atoms with Crippen LogP contribution in [0.2, 0.25) is 0 Å². The summed E-state index contributed by atoms with van der Waals surface area (Å²) in [7, 11) is 0. The Morgan fingerprint density at radius 2 is 2.15 bits per heavy atom. The zero-order valence-electron chi connectivity index (χ0n) is 14.7. The largest absolute Gasteiger partial charge is 0.473 e. The van der Waals surface area contributed by atoms with E-state index in [9.17, 15) is 4.39 Å². The van der Waals surface area contributed by atoms with E-state index in [-0.39, 0.29) is 17.5 Å². The van der Waals surface area contributed by atoms with E-state index in [1.54, 1.807) is 13.0 Å². The highest BCUT2D eigenvalue weighted by atomic mass is 19.1. The van der Waals surface area contributed by atoms with Crippen molar-refractivity contribution in [1.82, 2.24) is 20.3 Å². The third-order valence-corrected chi connectivity index (χ3v) is 4.14. The molecule has 7 heteroatoms. The Balaban J connectivity index is 1.66. The third-order valence-electron chi connectivity index (χ3n) is 4.14. The summed E-state index contributed by atoms with van der Waals surface area (Å²) in [5.74, 6) is 6.18. The van der Waals surface area contributed by atoms with E-state index in [2.05, 4.69) is 32.1 Å². The molecule has 3 heterocycles. The Morgan fingerprint density at radius 3 is 2.96 bits per heavy atom. The van der Waals surface area contributed by atoms with E-state index in [4.69, 9.17) is 9.47 Å². The maximum atomic E-state index is 13.8. The number of nitrogens with zero attached hydrogens (tertiary/aromatic N) is 3. The van der Waals surface area contributed by atoms with Gasteiger partial charge in [-0.15, -0.1) is 5.92 Å². The topological polar surface area (TPSA) is 69.2 Å². The highest BCUT2D eigenvalue weighted by Gasteiger charge is 2.17. The van der Waals surface area contributed by atoms with E-state index < -0.39 is 5.82 Å². The first kappa shape index (κ1) is 17.2. The monoisotopic (exact) mass is 364 g/mol. The molecule has 0 amide bonds. The van der Waals surface area contributed by atoms with Crippen LogP contribution in [0.3, 0.4) is 0 Å². The van der Waals surface area contributed by atoms with E-state index in [0.29, 0.717) is 22.7 Å². The van der Waals surface area contributed by atoms with Gasteiger partial charge < -0.3 is 14.8 Å². The predicted molar refractivity (Wildman–Crippen MR) is 98.3 cm³/mol. The van der Waals surface area contributed by atoms with Crippen molar-refractivity contribution in [2.45, 2.75) is 19.4 Å². The summed E-state index contributed by atoms with van der Waals surface area (Å²) in [5, 5.41) is 3.25. The number of hydrogen-bond donors (Lipinski definition) is 1. The lowest BCUT2D eigenvalue weighted by atomic mass is 10.2. The van der Waals surface area contributed by atoms with Crippen molar-refractivity contribution in [3.63, 3.8) is 0 Å². The molecule has 1 aliphatic heterocycles. The maximum absolute atomic E-state index is 13.8. The summed E-state index contributed by atoms with van der Waals surface area (Å²) in [6.07, 6.45) is 2.43. The van der Waals surface area contributed by atoms with Crippen LogP contribution in [0, 0.1) is 17.7 Å².